The van der Waals surface area contributed by atoms with Gasteiger partial charge in [-0.25, -0.2) is 9.78 Å². The second kappa shape index (κ2) is 9.49. The van der Waals surface area contributed by atoms with Gasteiger partial charge in [0.05, 0.1) is 12.8 Å². The summed E-state index contributed by atoms with van der Waals surface area (Å²) in [6.45, 7) is -3.16. The van der Waals surface area contributed by atoms with Crippen LogP contribution in [-0.4, -0.2) is 29.1 Å². The Balaban J connectivity index is 1.66. The molecule has 10 heteroatoms. The number of hydrogen-bond donors (Lipinski definition) is 0. The van der Waals surface area contributed by atoms with Gasteiger partial charge in [0, 0.05) is 22.8 Å². The van der Waals surface area contributed by atoms with Crippen LogP contribution >= 0.6 is 15.9 Å². The van der Waals surface area contributed by atoms with Crippen molar-refractivity contribution in [3.63, 3.8) is 0 Å². The molecule has 0 aliphatic heterocycles. The second-order valence-corrected chi connectivity index (χ2v) is 6.81. The lowest BCUT2D eigenvalue weighted by Crippen LogP contribution is -2.16. The fourth-order valence-corrected chi connectivity index (χ4v) is 2.88. The van der Waals surface area contributed by atoms with Gasteiger partial charge in [0.25, 0.3) is 5.56 Å². The van der Waals surface area contributed by atoms with Crippen LogP contribution in [0.4, 0.5) is 8.78 Å². The molecule has 0 saturated heterocycles. The van der Waals surface area contributed by atoms with E-state index in [2.05, 4.69) is 25.7 Å². The summed E-state index contributed by atoms with van der Waals surface area (Å²) < 4.78 is 41.3. The summed E-state index contributed by atoms with van der Waals surface area (Å²) >= 11 is 3.28. The fraction of sp³-hybridized carbons (Fsp3) is 0.150. The molecule has 2 heterocycles. The van der Waals surface area contributed by atoms with Crippen molar-refractivity contribution in [2.45, 2.75) is 13.2 Å². The fourth-order valence-electron chi connectivity index (χ4n) is 2.54. The highest BCUT2D eigenvalue weighted by atomic mass is 79.9. The van der Waals surface area contributed by atoms with E-state index in [1.54, 1.807) is 18.3 Å². The van der Waals surface area contributed by atoms with Crippen molar-refractivity contribution in [2.24, 2.45) is 0 Å². The van der Waals surface area contributed by atoms with E-state index < -0.39 is 12.6 Å². The lowest BCUT2D eigenvalue weighted by atomic mass is 10.2. The summed E-state index contributed by atoms with van der Waals surface area (Å²) in [6.07, 6.45) is 4.18. The minimum Gasteiger partial charge on any atom is -0.493 e. The molecule has 7 nitrogen and oxygen atoms in total. The van der Waals surface area contributed by atoms with Gasteiger partial charge in [-0.15, -0.1) is 0 Å². The van der Waals surface area contributed by atoms with Crippen molar-refractivity contribution in [3.05, 3.63) is 74.8 Å². The van der Waals surface area contributed by atoms with E-state index >= 15 is 0 Å². The summed E-state index contributed by atoms with van der Waals surface area (Å²) in [5.41, 5.74) is 0.934. The van der Waals surface area contributed by atoms with Crippen molar-refractivity contribution in [1.29, 1.82) is 0 Å². The highest BCUT2D eigenvalue weighted by Crippen LogP contribution is 2.29. The molecule has 0 unspecified atom stereocenters. The van der Waals surface area contributed by atoms with Crippen LogP contribution in [0.5, 0.6) is 11.5 Å². The normalized spacial score (nSPS) is 11.2. The predicted octanol–water partition coefficient (Wildman–Crippen LogP) is 3.82. The second-order valence-electron chi connectivity index (χ2n) is 5.89. The van der Waals surface area contributed by atoms with Gasteiger partial charge in [-0.1, -0.05) is 6.07 Å². The molecular formula is C20H15BrF2N2O5. The Morgan fingerprint density at radius 3 is 2.77 bits per heavy atom. The molecule has 0 spiro atoms. The third-order valence-corrected chi connectivity index (χ3v) is 4.32. The lowest BCUT2D eigenvalue weighted by Gasteiger charge is -2.10. The molecule has 0 atom stereocenters. The van der Waals surface area contributed by atoms with E-state index in [-0.39, 0.29) is 23.7 Å². The van der Waals surface area contributed by atoms with E-state index in [1.807, 2.05) is 0 Å². The number of rotatable bonds is 7. The molecule has 0 fully saturated rings. The topological polar surface area (TPSA) is 79.1 Å². The van der Waals surface area contributed by atoms with E-state index in [0.29, 0.717) is 16.9 Å². The molecule has 3 aromatic rings. The van der Waals surface area contributed by atoms with Crippen molar-refractivity contribution in [1.82, 2.24) is 9.38 Å². The number of aromatic nitrogens is 2. The molecule has 3 rings (SSSR count). The first-order valence-electron chi connectivity index (χ1n) is 8.51. The number of carbonyl (C=O) groups is 1. The van der Waals surface area contributed by atoms with Gasteiger partial charge in [-0.3, -0.25) is 9.20 Å². The molecule has 2 aromatic heterocycles. The number of halogens is 3. The highest BCUT2D eigenvalue weighted by molar-refractivity contribution is 9.10. The maximum Gasteiger partial charge on any atom is 0.387 e. The van der Waals surface area contributed by atoms with Crippen molar-refractivity contribution < 1.29 is 27.8 Å². The number of carbonyl (C=O) groups excluding carboxylic acids is 1. The van der Waals surface area contributed by atoms with Crippen LogP contribution in [0, 0.1) is 0 Å². The Kier molecular flexibility index (Phi) is 6.78. The van der Waals surface area contributed by atoms with E-state index in [1.165, 1.54) is 41.9 Å². The van der Waals surface area contributed by atoms with Crippen LogP contribution in [-0.2, 0) is 16.1 Å². The van der Waals surface area contributed by atoms with Crippen LogP contribution in [0.1, 0.15) is 11.3 Å². The first kappa shape index (κ1) is 21.4. The number of alkyl halides is 2. The van der Waals surface area contributed by atoms with E-state index in [4.69, 9.17) is 9.47 Å². The molecule has 156 valence electrons. The SMILES string of the molecule is COc1cc(/C=C/C(=O)OCc2cc(=O)n3cc(Br)ccc3n2)ccc1OC(F)F. The Labute approximate surface area is 177 Å². The Morgan fingerprint density at radius 2 is 2.03 bits per heavy atom. The van der Waals surface area contributed by atoms with Crippen molar-refractivity contribution in [2.75, 3.05) is 7.11 Å². The zero-order valence-electron chi connectivity index (χ0n) is 15.6. The van der Waals surface area contributed by atoms with Gasteiger partial charge in [0.15, 0.2) is 11.5 Å². The highest BCUT2D eigenvalue weighted by Gasteiger charge is 2.11. The van der Waals surface area contributed by atoms with Crippen LogP contribution in [0.2, 0.25) is 0 Å². The van der Waals surface area contributed by atoms with Crippen LogP contribution in [0.15, 0.2) is 57.9 Å². The van der Waals surface area contributed by atoms with Gasteiger partial charge in [0.2, 0.25) is 0 Å². The van der Waals surface area contributed by atoms with Crippen LogP contribution in [0.3, 0.4) is 0 Å². The minimum absolute atomic E-state index is 0.0956. The number of nitrogens with zero attached hydrogens (tertiary/aromatic N) is 2. The molecular weight excluding hydrogens is 466 g/mol. The maximum absolute atomic E-state index is 12.4. The van der Waals surface area contributed by atoms with Crippen molar-refractivity contribution >= 4 is 33.6 Å². The molecule has 0 radical (unpaired) electrons. The largest absolute Gasteiger partial charge is 0.493 e. The number of methoxy groups -OCH3 is 1. The summed E-state index contributed by atoms with van der Waals surface area (Å²) in [6, 6.07) is 8.90. The third kappa shape index (κ3) is 5.41. The van der Waals surface area contributed by atoms with Crippen LogP contribution < -0.4 is 15.0 Å². The monoisotopic (exact) mass is 480 g/mol. The lowest BCUT2D eigenvalue weighted by molar-refractivity contribution is -0.139. The predicted molar refractivity (Wildman–Crippen MR) is 108 cm³/mol. The van der Waals surface area contributed by atoms with E-state index in [9.17, 15) is 18.4 Å². The third-order valence-electron chi connectivity index (χ3n) is 3.85. The quantitative estimate of drug-likeness (QED) is 0.377. The van der Waals surface area contributed by atoms with Gasteiger partial charge < -0.3 is 14.2 Å². The number of esters is 1. The average molecular weight is 481 g/mol. The molecule has 0 amide bonds. The van der Waals surface area contributed by atoms with E-state index in [0.717, 1.165) is 10.5 Å². The first-order chi connectivity index (χ1) is 14.4. The number of pyridine rings is 1. The molecule has 0 N–H and O–H groups in total. The van der Waals surface area contributed by atoms with Gasteiger partial charge in [-0.05, 0) is 51.8 Å². The van der Waals surface area contributed by atoms with Gasteiger partial charge in [-0.2, -0.15) is 8.78 Å². The molecule has 0 saturated carbocycles. The number of ether oxygens (including phenoxy) is 3. The number of benzene rings is 1. The number of fused-ring (bicyclic) bond motifs is 1. The summed E-state index contributed by atoms with van der Waals surface area (Å²) in [5.74, 6) is -0.689. The Morgan fingerprint density at radius 1 is 1.23 bits per heavy atom. The average Bonchev–Trinajstić information content (AvgIpc) is 2.71. The van der Waals surface area contributed by atoms with Crippen molar-refractivity contribution in [3.8, 4) is 11.5 Å². The minimum atomic E-state index is -2.98. The number of hydrogen-bond acceptors (Lipinski definition) is 6. The molecule has 0 aliphatic rings. The van der Waals surface area contributed by atoms with Crippen LogP contribution in [0.25, 0.3) is 11.7 Å². The zero-order valence-corrected chi connectivity index (χ0v) is 17.1. The molecule has 0 aliphatic carbocycles. The zero-order chi connectivity index (χ0) is 21.7. The van der Waals surface area contributed by atoms with Gasteiger partial charge >= 0.3 is 12.6 Å². The van der Waals surface area contributed by atoms with Gasteiger partial charge in [0.1, 0.15) is 12.3 Å². The standard InChI is InChI=1S/C20H15BrF2N2O5/c1-28-16-8-12(2-5-15(16)30-20(22)23)3-7-19(27)29-11-14-9-18(26)25-10-13(21)4-6-17(25)24-14/h2-10,20H,11H2,1H3/b7-3+. The smallest absolute Gasteiger partial charge is 0.387 e. The molecule has 0 bridgehead atoms. The Bertz CT molecular complexity index is 1160. The molecule has 30 heavy (non-hydrogen) atoms. The Hall–Kier alpha value is -3.27. The summed E-state index contributed by atoms with van der Waals surface area (Å²) in [7, 11) is 1.31. The first-order valence-corrected chi connectivity index (χ1v) is 9.30. The molecule has 1 aromatic carbocycles. The summed E-state index contributed by atoms with van der Waals surface area (Å²) in [4.78, 5) is 28.4. The summed E-state index contributed by atoms with van der Waals surface area (Å²) in [5, 5.41) is 0. The maximum atomic E-state index is 12.4.